The number of ether oxygens (including phenoxy) is 1. The second kappa shape index (κ2) is 6.54. The minimum absolute atomic E-state index is 0.0878. The molecular formula is C25H22N2O4. The Balaban J connectivity index is 1.20. The highest BCUT2D eigenvalue weighted by Gasteiger charge is 2.67. The number of hydrogen-bond acceptors (Lipinski definition) is 4. The van der Waals surface area contributed by atoms with Gasteiger partial charge in [0.25, 0.3) is 5.91 Å². The molecule has 1 N–H and O–H groups in total. The van der Waals surface area contributed by atoms with Gasteiger partial charge in [-0.1, -0.05) is 12.2 Å². The van der Waals surface area contributed by atoms with Crippen LogP contribution in [0.2, 0.25) is 0 Å². The number of carbonyl (C=O) groups excluding carboxylic acids is 3. The Morgan fingerprint density at radius 3 is 2.03 bits per heavy atom. The van der Waals surface area contributed by atoms with Gasteiger partial charge in [0, 0.05) is 11.3 Å². The monoisotopic (exact) mass is 414 g/mol. The number of nitrogens with zero attached hydrogens (tertiary/aromatic N) is 1. The van der Waals surface area contributed by atoms with E-state index in [0.29, 0.717) is 34.5 Å². The first-order valence-electron chi connectivity index (χ1n) is 10.7. The largest absolute Gasteiger partial charge is 0.497 e. The summed E-state index contributed by atoms with van der Waals surface area (Å²) < 4.78 is 5.12. The van der Waals surface area contributed by atoms with Crippen molar-refractivity contribution in [3.05, 3.63) is 66.2 Å². The van der Waals surface area contributed by atoms with Crippen LogP contribution in [0.1, 0.15) is 16.8 Å². The normalized spacial score (nSPS) is 32.0. The lowest BCUT2D eigenvalue weighted by molar-refractivity contribution is -0.124. The Bertz CT molecular complexity index is 1090. The summed E-state index contributed by atoms with van der Waals surface area (Å²) in [6.45, 7) is 0. The molecule has 5 aliphatic rings. The fourth-order valence-electron chi connectivity index (χ4n) is 5.85. The Kier molecular flexibility index (Phi) is 3.88. The van der Waals surface area contributed by atoms with Crippen LogP contribution in [-0.4, -0.2) is 24.8 Å². The molecule has 1 aliphatic heterocycles. The Morgan fingerprint density at radius 2 is 1.48 bits per heavy atom. The highest BCUT2D eigenvalue weighted by atomic mass is 16.5. The number of methoxy groups -OCH3 is 1. The summed E-state index contributed by atoms with van der Waals surface area (Å²) in [6.07, 6.45) is 5.48. The fourth-order valence-corrected chi connectivity index (χ4v) is 5.85. The van der Waals surface area contributed by atoms with Crippen LogP contribution in [0.3, 0.4) is 0 Å². The van der Waals surface area contributed by atoms with Crippen molar-refractivity contribution in [1.82, 2.24) is 0 Å². The first-order chi connectivity index (χ1) is 15.1. The van der Waals surface area contributed by atoms with Crippen LogP contribution < -0.4 is 15.0 Å². The Morgan fingerprint density at radius 1 is 0.903 bits per heavy atom. The quantitative estimate of drug-likeness (QED) is 0.614. The molecule has 1 heterocycles. The summed E-state index contributed by atoms with van der Waals surface area (Å²) in [6, 6.07) is 13.8. The lowest BCUT2D eigenvalue weighted by Gasteiger charge is -2.37. The summed E-state index contributed by atoms with van der Waals surface area (Å²) in [5.74, 6) is 1.41. The molecule has 31 heavy (non-hydrogen) atoms. The molecule has 6 heteroatoms. The fraction of sp³-hybridized carbons (Fsp3) is 0.320. The third-order valence-corrected chi connectivity index (χ3v) is 7.40. The number of nitrogens with one attached hydrogen (secondary N) is 1. The number of imide groups is 1. The lowest BCUT2D eigenvalue weighted by atomic mass is 9.63. The smallest absolute Gasteiger partial charge is 0.255 e. The number of allylic oxidation sites excluding steroid dienone is 2. The lowest BCUT2D eigenvalue weighted by Crippen LogP contribution is -2.40. The van der Waals surface area contributed by atoms with Crippen molar-refractivity contribution in [2.24, 2.45) is 35.5 Å². The maximum atomic E-state index is 13.2. The van der Waals surface area contributed by atoms with Crippen LogP contribution in [-0.2, 0) is 9.59 Å². The van der Waals surface area contributed by atoms with Crippen LogP contribution in [0.5, 0.6) is 5.75 Å². The van der Waals surface area contributed by atoms with Gasteiger partial charge in [0.2, 0.25) is 11.8 Å². The van der Waals surface area contributed by atoms with Gasteiger partial charge in [-0.25, -0.2) is 0 Å². The standard InChI is InChI=1S/C25H22N2O4/c1-31-16-8-4-14(5-9-16)26-23(28)13-2-6-15(7-3-13)27-24(29)21-17-10-11-18(20-12-19(17)20)22(21)25(27)30/h2-11,17-22H,12H2,1H3,(H,26,28)/t17-,18-,19-,20-,21-,22+/m1/s1. The summed E-state index contributed by atoms with van der Waals surface area (Å²) >= 11 is 0. The average molecular weight is 414 g/mol. The SMILES string of the molecule is COc1ccc(NC(=O)c2ccc(N3C(=O)[C@@H]4[C@@H]5C=C[C@H]([C@H]6C[C@H]56)[C@@H]4C3=O)cc2)cc1. The molecule has 6 atom stereocenters. The van der Waals surface area contributed by atoms with Crippen molar-refractivity contribution in [1.29, 1.82) is 0 Å². The van der Waals surface area contributed by atoms with Gasteiger partial charge in [-0.05, 0) is 78.6 Å². The van der Waals surface area contributed by atoms with Crippen molar-refractivity contribution < 1.29 is 19.1 Å². The van der Waals surface area contributed by atoms with E-state index in [9.17, 15) is 14.4 Å². The van der Waals surface area contributed by atoms with E-state index in [4.69, 9.17) is 4.74 Å². The molecule has 0 radical (unpaired) electrons. The van der Waals surface area contributed by atoms with Crippen LogP contribution in [0.4, 0.5) is 11.4 Å². The Hall–Kier alpha value is -3.41. The summed E-state index contributed by atoms with van der Waals surface area (Å²) in [5, 5.41) is 2.84. The van der Waals surface area contributed by atoms with Gasteiger partial charge >= 0.3 is 0 Å². The third-order valence-electron chi connectivity index (χ3n) is 7.40. The van der Waals surface area contributed by atoms with E-state index in [0.717, 1.165) is 6.42 Å². The molecule has 4 aliphatic carbocycles. The van der Waals surface area contributed by atoms with Crippen LogP contribution in [0.25, 0.3) is 0 Å². The minimum atomic E-state index is -0.258. The number of benzene rings is 2. The minimum Gasteiger partial charge on any atom is -0.497 e. The molecule has 3 fully saturated rings. The molecule has 2 aromatic rings. The molecule has 2 aromatic carbocycles. The molecule has 156 valence electrons. The van der Waals surface area contributed by atoms with Crippen LogP contribution in [0.15, 0.2) is 60.7 Å². The summed E-state index contributed by atoms with van der Waals surface area (Å²) in [7, 11) is 1.59. The molecule has 0 aromatic heterocycles. The molecular weight excluding hydrogens is 392 g/mol. The van der Waals surface area contributed by atoms with E-state index in [1.54, 1.807) is 55.6 Å². The van der Waals surface area contributed by atoms with E-state index in [2.05, 4.69) is 17.5 Å². The maximum Gasteiger partial charge on any atom is 0.255 e. The van der Waals surface area contributed by atoms with Crippen LogP contribution in [0, 0.1) is 35.5 Å². The first-order valence-corrected chi connectivity index (χ1v) is 10.7. The molecule has 0 spiro atoms. The third kappa shape index (κ3) is 2.67. The second-order valence-corrected chi connectivity index (χ2v) is 8.90. The van der Waals surface area contributed by atoms with Crippen molar-refractivity contribution in [3.63, 3.8) is 0 Å². The number of amides is 3. The Labute approximate surface area is 179 Å². The number of rotatable bonds is 4. The predicted octanol–water partition coefficient (Wildman–Crippen LogP) is 3.51. The number of anilines is 2. The zero-order valence-corrected chi connectivity index (χ0v) is 17.0. The van der Waals surface area contributed by atoms with Crippen molar-refractivity contribution in [2.75, 3.05) is 17.3 Å². The van der Waals surface area contributed by atoms with E-state index in [1.165, 1.54) is 4.90 Å². The van der Waals surface area contributed by atoms with E-state index < -0.39 is 0 Å². The van der Waals surface area contributed by atoms with Gasteiger partial charge in [-0.3, -0.25) is 19.3 Å². The molecule has 7 rings (SSSR count). The first kappa shape index (κ1) is 18.4. The van der Waals surface area contributed by atoms with E-state index in [1.807, 2.05) is 0 Å². The highest BCUT2D eigenvalue weighted by Crippen LogP contribution is 2.65. The molecule has 6 nitrogen and oxygen atoms in total. The topological polar surface area (TPSA) is 75.7 Å². The molecule has 2 saturated carbocycles. The number of hydrogen-bond donors (Lipinski definition) is 1. The zero-order chi connectivity index (χ0) is 21.3. The van der Waals surface area contributed by atoms with Gasteiger partial charge in [0.05, 0.1) is 24.6 Å². The average Bonchev–Trinajstić information content (AvgIpc) is 3.58. The van der Waals surface area contributed by atoms with Gasteiger partial charge in [0.15, 0.2) is 0 Å². The van der Waals surface area contributed by atoms with Gasteiger partial charge < -0.3 is 10.1 Å². The van der Waals surface area contributed by atoms with Crippen molar-refractivity contribution in [3.8, 4) is 5.75 Å². The van der Waals surface area contributed by atoms with E-state index in [-0.39, 0.29) is 41.4 Å². The predicted molar refractivity (Wildman–Crippen MR) is 115 cm³/mol. The summed E-state index contributed by atoms with van der Waals surface area (Å²) in [5.41, 5.74) is 1.66. The van der Waals surface area contributed by atoms with Crippen molar-refractivity contribution in [2.45, 2.75) is 6.42 Å². The van der Waals surface area contributed by atoms with Crippen molar-refractivity contribution >= 4 is 29.1 Å². The van der Waals surface area contributed by atoms with E-state index >= 15 is 0 Å². The molecule has 3 amide bonds. The summed E-state index contributed by atoms with van der Waals surface area (Å²) in [4.78, 5) is 40.3. The maximum absolute atomic E-state index is 13.2. The molecule has 0 unspecified atom stereocenters. The molecule has 2 bridgehead atoms. The molecule has 1 saturated heterocycles. The van der Waals surface area contributed by atoms with Gasteiger partial charge in [-0.15, -0.1) is 0 Å². The zero-order valence-electron chi connectivity index (χ0n) is 17.0. The number of carbonyl (C=O) groups is 3. The second-order valence-electron chi connectivity index (χ2n) is 8.90. The van der Waals surface area contributed by atoms with Gasteiger partial charge in [0.1, 0.15) is 5.75 Å². The van der Waals surface area contributed by atoms with Crippen LogP contribution >= 0.6 is 0 Å². The highest BCUT2D eigenvalue weighted by molar-refractivity contribution is 6.22. The van der Waals surface area contributed by atoms with Gasteiger partial charge in [-0.2, -0.15) is 0 Å².